The Morgan fingerprint density at radius 2 is 1.79 bits per heavy atom. The van der Waals surface area contributed by atoms with Crippen molar-refractivity contribution in [3.05, 3.63) is 12.2 Å². The van der Waals surface area contributed by atoms with Gasteiger partial charge in [-0.05, 0) is 49.9 Å². The molecule has 1 N–H and O–H groups in total. The van der Waals surface area contributed by atoms with Crippen molar-refractivity contribution in [2.75, 3.05) is 0 Å². The lowest BCUT2D eigenvalue weighted by Crippen LogP contribution is -2.50. The second-order valence-electron chi connectivity index (χ2n) is 6.40. The molecular formula is C16H23NO2. The van der Waals surface area contributed by atoms with Crippen molar-refractivity contribution in [2.45, 2.75) is 51.4 Å². The van der Waals surface area contributed by atoms with Crippen molar-refractivity contribution in [1.29, 1.82) is 0 Å². The molecule has 1 saturated carbocycles. The molecule has 0 aromatic heterocycles. The number of carbonyl (C=O) groups is 2. The van der Waals surface area contributed by atoms with Gasteiger partial charge < -0.3 is 0 Å². The van der Waals surface area contributed by atoms with Crippen LogP contribution < -0.4 is 5.32 Å². The molecule has 3 nitrogen and oxygen atoms in total. The maximum atomic E-state index is 12.3. The van der Waals surface area contributed by atoms with E-state index in [0.29, 0.717) is 18.3 Å². The molecule has 0 aromatic carbocycles. The minimum atomic E-state index is -0.0567. The molecule has 0 aromatic rings. The maximum Gasteiger partial charge on any atom is 0.230 e. The molecular weight excluding hydrogens is 238 g/mol. The van der Waals surface area contributed by atoms with E-state index in [1.165, 1.54) is 25.7 Å². The van der Waals surface area contributed by atoms with Crippen molar-refractivity contribution >= 4 is 11.8 Å². The summed E-state index contributed by atoms with van der Waals surface area (Å²) < 4.78 is 0. The van der Waals surface area contributed by atoms with E-state index < -0.39 is 0 Å². The molecule has 3 heteroatoms. The highest BCUT2D eigenvalue weighted by atomic mass is 16.2. The first-order valence-corrected chi connectivity index (χ1v) is 7.74. The SMILES string of the molecule is O=C1CC(C2CC=CCC2)C(C2CCCC2)C(=O)N1. The first-order valence-electron chi connectivity index (χ1n) is 7.74. The number of rotatable bonds is 2. The smallest absolute Gasteiger partial charge is 0.230 e. The van der Waals surface area contributed by atoms with Crippen LogP contribution in [0.5, 0.6) is 0 Å². The average Bonchev–Trinajstić information content (AvgIpc) is 2.92. The second kappa shape index (κ2) is 5.48. The third-order valence-corrected chi connectivity index (χ3v) is 5.27. The molecule has 2 amide bonds. The number of allylic oxidation sites excluding steroid dienone is 2. The number of hydrogen-bond acceptors (Lipinski definition) is 2. The Bertz CT molecular complexity index is 396. The molecule has 0 radical (unpaired) electrons. The fourth-order valence-corrected chi connectivity index (χ4v) is 4.35. The summed E-state index contributed by atoms with van der Waals surface area (Å²) in [6, 6.07) is 0. The lowest BCUT2D eigenvalue weighted by atomic mass is 9.67. The van der Waals surface area contributed by atoms with Crippen LogP contribution in [0.1, 0.15) is 51.4 Å². The summed E-state index contributed by atoms with van der Waals surface area (Å²) in [6.45, 7) is 0. The highest BCUT2D eigenvalue weighted by Crippen LogP contribution is 2.43. The van der Waals surface area contributed by atoms with E-state index in [1.54, 1.807) is 0 Å². The van der Waals surface area contributed by atoms with Gasteiger partial charge in [0.05, 0.1) is 0 Å². The fraction of sp³-hybridized carbons (Fsp3) is 0.750. The van der Waals surface area contributed by atoms with Crippen molar-refractivity contribution in [3.63, 3.8) is 0 Å². The van der Waals surface area contributed by atoms with E-state index >= 15 is 0 Å². The predicted octanol–water partition coefficient (Wildman–Crippen LogP) is 2.81. The third kappa shape index (κ3) is 2.60. The van der Waals surface area contributed by atoms with Gasteiger partial charge in [0, 0.05) is 12.3 Å². The molecule has 3 unspecified atom stereocenters. The molecule has 19 heavy (non-hydrogen) atoms. The molecule has 2 fully saturated rings. The molecule has 104 valence electrons. The standard InChI is InChI=1S/C16H23NO2/c18-14-10-13(11-6-2-1-3-7-11)15(16(19)17-14)12-8-4-5-9-12/h1-2,11-13,15H,3-10H2,(H,17,18,19). The van der Waals surface area contributed by atoms with Gasteiger partial charge in [0.1, 0.15) is 0 Å². The summed E-state index contributed by atoms with van der Waals surface area (Å²) in [5, 5.41) is 2.58. The van der Waals surface area contributed by atoms with Crippen molar-refractivity contribution in [2.24, 2.45) is 23.7 Å². The Morgan fingerprint density at radius 1 is 1.00 bits per heavy atom. The molecule has 3 rings (SSSR count). The normalized spacial score (nSPS) is 36.5. The lowest BCUT2D eigenvalue weighted by molar-refractivity contribution is -0.142. The quantitative estimate of drug-likeness (QED) is 0.613. The number of imide groups is 1. The molecule has 0 spiro atoms. The number of nitrogens with one attached hydrogen (secondary N) is 1. The van der Waals surface area contributed by atoms with Crippen LogP contribution >= 0.6 is 0 Å². The van der Waals surface area contributed by atoms with E-state index in [1.807, 2.05) is 0 Å². The number of carbonyl (C=O) groups excluding carboxylic acids is 2. The molecule has 3 aliphatic rings. The zero-order chi connectivity index (χ0) is 13.2. The lowest BCUT2D eigenvalue weighted by Gasteiger charge is -2.39. The predicted molar refractivity (Wildman–Crippen MR) is 73.2 cm³/mol. The average molecular weight is 261 g/mol. The van der Waals surface area contributed by atoms with Crippen LogP contribution in [-0.2, 0) is 9.59 Å². The Balaban J connectivity index is 1.80. The van der Waals surface area contributed by atoms with E-state index in [2.05, 4.69) is 17.5 Å². The molecule has 2 aliphatic carbocycles. The van der Waals surface area contributed by atoms with Crippen LogP contribution in [0.3, 0.4) is 0 Å². The van der Waals surface area contributed by atoms with Gasteiger partial charge in [-0.2, -0.15) is 0 Å². The van der Waals surface area contributed by atoms with Gasteiger partial charge in [0.25, 0.3) is 0 Å². The molecule has 1 aliphatic heterocycles. The van der Waals surface area contributed by atoms with Crippen molar-refractivity contribution in [1.82, 2.24) is 5.32 Å². The number of amides is 2. The molecule has 0 bridgehead atoms. The van der Waals surface area contributed by atoms with Crippen LogP contribution in [-0.4, -0.2) is 11.8 Å². The highest BCUT2D eigenvalue weighted by molar-refractivity contribution is 5.99. The summed E-state index contributed by atoms with van der Waals surface area (Å²) in [7, 11) is 0. The number of hydrogen-bond donors (Lipinski definition) is 1. The fourth-order valence-electron chi connectivity index (χ4n) is 4.35. The monoisotopic (exact) mass is 261 g/mol. The third-order valence-electron chi connectivity index (χ3n) is 5.27. The molecule has 3 atom stereocenters. The van der Waals surface area contributed by atoms with Gasteiger partial charge in [-0.1, -0.05) is 25.0 Å². The summed E-state index contributed by atoms with van der Waals surface area (Å²) in [4.78, 5) is 24.0. The first-order chi connectivity index (χ1) is 9.25. The van der Waals surface area contributed by atoms with Crippen LogP contribution in [0.2, 0.25) is 0 Å². The minimum Gasteiger partial charge on any atom is -0.296 e. The Morgan fingerprint density at radius 3 is 2.47 bits per heavy atom. The summed E-state index contributed by atoms with van der Waals surface area (Å²) in [5.41, 5.74) is 0. The minimum absolute atomic E-state index is 0.0164. The largest absolute Gasteiger partial charge is 0.296 e. The Labute approximate surface area is 114 Å². The Kier molecular flexibility index (Phi) is 3.72. The van der Waals surface area contributed by atoms with E-state index in [4.69, 9.17) is 0 Å². The van der Waals surface area contributed by atoms with Crippen molar-refractivity contribution < 1.29 is 9.59 Å². The van der Waals surface area contributed by atoms with E-state index in [-0.39, 0.29) is 23.7 Å². The van der Waals surface area contributed by atoms with Crippen molar-refractivity contribution in [3.8, 4) is 0 Å². The second-order valence-corrected chi connectivity index (χ2v) is 6.40. The highest BCUT2D eigenvalue weighted by Gasteiger charge is 2.44. The molecule has 1 heterocycles. The summed E-state index contributed by atoms with van der Waals surface area (Å²) in [6.07, 6.45) is 13.2. The van der Waals surface area contributed by atoms with Gasteiger partial charge in [-0.3, -0.25) is 14.9 Å². The van der Waals surface area contributed by atoms with Crippen LogP contribution in [0.25, 0.3) is 0 Å². The van der Waals surface area contributed by atoms with Crippen LogP contribution in [0, 0.1) is 23.7 Å². The Hall–Kier alpha value is -1.12. The van der Waals surface area contributed by atoms with Gasteiger partial charge in [-0.15, -0.1) is 0 Å². The van der Waals surface area contributed by atoms with Crippen LogP contribution in [0.15, 0.2) is 12.2 Å². The first kappa shape index (κ1) is 12.9. The van der Waals surface area contributed by atoms with Gasteiger partial charge in [-0.25, -0.2) is 0 Å². The number of piperidine rings is 1. The van der Waals surface area contributed by atoms with Gasteiger partial charge in [0.2, 0.25) is 11.8 Å². The summed E-state index contributed by atoms with van der Waals surface area (Å²) >= 11 is 0. The van der Waals surface area contributed by atoms with E-state index in [0.717, 1.165) is 19.3 Å². The topological polar surface area (TPSA) is 46.2 Å². The zero-order valence-electron chi connectivity index (χ0n) is 11.4. The zero-order valence-corrected chi connectivity index (χ0v) is 11.4. The maximum absolute atomic E-state index is 12.3. The van der Waals surface area contributed by atoms with Crippen LogP contribution in [0.4, 0.5) is 0 Å². The van der Waals surface area contributed by atoms with E-state index in [9.17, 15) is 9.59 Å². The van der Waals surface area contributed by atoms with Gasteiger partial charge >= 0.3 is 0 Å². The van der Waals surface area contributed by atoms with Gasteiger partial charge in [0.15, 0.2) is 0 Å². The molecule has 1 saturated heterocycles. The summed E-state index contributed by atoms with van der Waals surface area (Å²) in [5.74, 6) is 1.39.